The number of hydrogen-bond donors (Lipinski definition) is 0. The Bertz CT molecular complexity index is 234. The molecule has 1 heteroatoms. The quantitative estimate of drug-likeness (QED) is 0.586. The van der Waals surface area contributed by atoms with Crippen LogP contribution in [0, 0.1) is 5.41 Å². The lowest BCUT2D eigenvalue weighted by atomic mass is 9.78. The molecule has 0 amide bonds. The first-order valence-electron chi connectivity index (χ1n) is 5.17. The van der Waals surface area contributed by atoms with E-state index in [1.54, 1.807) is 6.92 Å². The summed E-state index contributed by atoms with van der Waals surface area (Å²) in [4.78, 5) is 11.5. The Hall–Kier alpha value is -0.850. The van der Waals surface area contributed by atoms with Crippen LogP contribution in [0.15, 0.2) is 24.3 Å². The summed E-state index contributed by atoms with van der Waals surface area (Å²) in [5.74, 6) is 0.263. The molecule has 0 aliphatic carbocycles. The largest absolute Gasteiger partial charge is 0.299 e. The summed E-state index contributed by atoms with van der Waals surface area (Å²) in [5.41, 5.74) is 1.10. The second kappa shape index (κ2) is 5.79. The van der Waals surface area contributed by atoms with E-state index in [2.05, 4.69) is 26.5 Å². The second-order valence-electron chi connectivity index (χ2n) is 4.43. The van der Waals surface area contributed by atoms with Crippen LogP contribution < -0.4 is 0 Å². The number of Topliss-reactive ketones (excluding diaryl/α,β-unsaturated/α-hetero) is 1. The smallest absolute Gasteiger partial charge is 0.136 e. The van der Waals surface area contributed by atoms with E-state index < -0.39 is 0 Å². The van der Waals surface area contributed by atoms with Gasteiger partial charge in [-0.1, -0.05) is 24.6 Å². The van der Waals surface area contributed by atoms with Gasteiger partial charge in [0.1, 0.15) is 5.78 Å². The first-order valence-corrected chi connectivity index (χ1v) is 5.17. The van der Waals surface area contributed by atoms with Gasteiger partial charge in [0.25, 0.3) is 0 Å². The summed E-state index contributed by atoms with van der Waals surface area (Å²) in [6.07, 6.45) is 6.69. The number of allylic oxidation sites excluding steroid dienone is 3. The van der Waals surface area contributed by atoms with Crippen molar-refractivity contribution in [1.82, 2.24) is 0 Å². The Kier molecular flexibility index (Phi) is 5.44. The molecule has 1 unspecified atom stereocenters. The van der Waals surface area contributed by atoms with Crippen molar-refractivity contribution in [1.29, 1.82) is 0 Å². The van der Waals surface area contributed by atoms with Crippen molar-refractivity contribution in [3.63, 3.8) is 0 Å². The van der Waals surface area contributed by atoms with Gasteiger partial charge >= 0.3 is 0 Å². The van der Waals surface area contributed by atoms with Gasteiger partial charge in [0.15, 0.2) is 0 Å². The average molecular weight is 194 g/mol. The third kappa shape index (κ3) is 4.40. The molecule has 0 rings (SSSR count). The highest BCUT2D eigenvalue weighted by atomic mass is 16.1. The average Bonchev–Trinajstić information content (AvgIpc) is 2.03. The van der Waals surface area contributed by atoms with E-state index in [9.17, 15) is 4.79 Å². The monoisotopic (exact) mass is 194 g/mol. The molecule has 0 aromatic rings. The number of rotatable bonds is 6. The molecule has 0 heterocycles. The van der Waals surface area contributed by atoms with Gasteiger partial charge in [-0.3, -0.25) is 4.79 Å². The van der Waals surface area contributed by atoms with E-state index in [-0.39, 0.29) is 11.2 Å². The lowest BCUT2D eigenvalue weighted by molar-refractivity contribution is -0.125. The van der Waals surface area contributed by atoms with Gasteiger partial charge in [0, 0.05) is 5.41 Å². The van der Waals surface area contributed by atoms with Gasteiger partial charge in [-0.2, -0.15) is 0 Å². The van der Waals surface area contributed by atoms with Gasteiger partial charge in [-0.15, -0.1) is 6.58 Å². The number of hydrogen-bond acceptors (Lipinski definition) is 1. The Morgan fingerprint density at radius 3 is 2.29 bits per heavy atom. The number of ketones is 1. The Labute approximate surface area is 87.9 Å². The molecule has 0 fully saturated rings. The maximum Gasteiger partial charge on any atom is 0.136 e. The third-order valence-corrected chi connectivity index (χ3v) is 2.69. The predicted molar refractivity (Wildman–Crippen MR) is 62.3 cm³/mol. The van der Waals surface area contributed by atoms with Crippen LogP contribution in [-0.2, 0) is 4.79 Å². The van der Waals surface area contributed by atoms with Gasteiger partial charge < -0.3 is 0 Å². The lowest BCUT2D eigenvalue weighted by Gasteiger charge is -2.24. The molecule has 0 N–H and O–H groups in total. The van der Waals surface area contributed by atoms with Gasteiger partial charge in [-0.05, 0) is 40.0 Å². The fraction of sp³-hybridized carbons (Fsp3) is 0.615. The molecule has 1 nitrogen and oxygen atoms in total. The molecule has 80 valence electrons. The predicted octanol–water partition coefficient (Wildman–Crippen LogP) is 3.90. The van der Waals surface area contributed by atoms with Crippen molar-refractivity contribution in [2.24, 2.45) is 5.41 Å². The normalized spacial score (nSPS) is 14.3. The molecular formula is C13H22O. The van der Waals surface area contributed by atoms with Crippen molar-refractivity contribution < 1.29 is 4.79 Å². The zero-order chi connectivity index (χ0) is 11.2. The standard InChI is InChI=1S/C13H22O/c1-6-9-13(5,12(4)14)10-7-8-11(2)3/h6,8H,1,7,9-10H2,2-5H3. The van der Waals surface area contributed by atoms with E-state index in [1.165, 1.54) is 5.57 Å². The van der Waals surface area contributed by atoms with Gasteiger partial charge in [0.05, 0.1) is 0 Å². The van der Waals surface area contributed by atoms with Crippen LogP contribution in [0.5, 0.6) is 0 Å². The van der Waals surface area contributed by atoms with Crippen LogP contribution in [0.25, 0.3) is 0 Å². The molecule has 0 aliphatic heterocycles. The molecule has 1 atom stereocenters. The molecule has 14 heavy (non-hydrogen) atoms. The molecule has 0 saturated heterocycles. The van der Waals surface area contributed by atoms with Crippen molar-refractivity contribution >= 4 is 5.78 Å². The van der Waals surface area contributed by atoms with Crippen LogP contribution in [-0.4, -0.2) is 5.78 Å². The maximum absolute atomic E-state index is 11.5. The molecule has 0 spiro atoms. The first kappa shape index (κ1) is 13.2. The summed E-state index contributed by atoms with van der Waals surface area (Å²) < 4.78 is 0. The zero-order valence-electron chi connectivity index (χ0n) is 9.89. The van der Waals surface area contributed by atoms with Crippen LogP contribution in [0.3, 0.4) is 0 Å². The first-order chi connectivity index (χ1) is 6.42. The van der Waals surface area contributed by atoms with E-state index in [1.807, 2.05) is 13.0 Å². The van der Waals surface area contributed by atoms with Crippen LogP contribution >= 0.6 is 0 Å². The summed E-state index contributed by atoms with van der Waals surface area (Å²) >= 11 is 0. The SMILES string of the molecule is C=CCC(C)(CCC=C(C)C)C(C)=O. The summed E-state index contributed by atoms with van der Waals surface area (Å²) in [7, 11) is 0. The van der Waals surface area contributed by atoms with Crippen molar-refractivity contribution in [3.05, 3.63) is 24.3 Å². The minimum absolute atomic E-state index is 0.215. The minimum atomic E-state index is -0.215. The van der Waals surface area contributed by atoms with Crippen molar-refractivity contribution in [3.8, 4) is 0 Å². The minimum Gasteiger partial charge on any atom is -0.299 e. The second-order valence-corrected chi connectivity index (χ2v) is 4.43. The Balaban J connectivity index is 4.30. The zero-order valence-corrected chi connectivity index (χ0v) is 9.89. The highest BCUT2D eigenvalue weighted by Crippen LogP contribution is 2.29. The summed E-state index contributed by atoms with van der Waals surface area (Å²) in [5, 5.41) is 0. The number of carbonyl (C=O) groups is 1. The van der Waals surface area contributed by atoms with Gasteiger partial charge in [0.2, 0.25) is 0 Å². The summed E-state index contributed by atoms with van der Waals surface area (Å²) in [6, 6.07) is 0. The van der Waals surface area contributed by atoms with E-state index in [0.717, 1.165) is 19.3 Å². The highest BCUT2D eigenvalue weighted by Gasteiger charge is 2.27. The molecule has 0 aromatic carbocycles. The van der Waals surface area contributed by atoms with E-state index >= 15 is 0 Å². The van der Waals surface area contributed by atoms with E-state index in [0.29, 0.717) is 0 Å². The topological polar surface area (TPSA) is 17.1 Å². The molecule has 0 aromatic heterocycles. The van der Waals surface area contributed by atoms with Crippen molar-refractivity contribution in [2.45, 2.75) is 47.0 Å². The van der Waals surface area contributed by atoms with Gasteiger partial charge in [-0.25, -0.2) is 0 Å². The lowest BCUT2D eigenvalue weighted by Crippen LogP contribution is -2.24. The van der Waals surface area contributed by atoms with E-state index in [4.69, 9.17) is 0 Å². The molecule has 0 radical (unpaired) electrons. The van der Waals surface area contributed by atoms with Crippen LogP contribution in [0.2, 0.25) is 0 Å². The van der Waals surface area contributed by atoms with Crippen LogP contribution in [0.1, 0.15) is 47.0 Å². The third-order valence-electron chi connectivity index (χ3n) is 2.69. The Morgan fingerprint density at radius 2 is 1.93 bits per heavy atom. The number of carbonyl (C=O) groups excluding carboxylic acids is 1. The fourth-order valence-corrected chi connectivity index (χ4v) is 1.42. The van der Waals surface area contributed by atoms with Crippen LogP contribution in [0.4, 0.5) is 0 Å². The molecule has 0 saturated carbocycles. The fourth-order valence-electron chi connectivity index (χ4n) is 1.42. The maximum atomic E-state index is 11.5. The molecule has 0 bridgehead atoms. The molecule has 0 aliphatic rings. The Morgan fingerprint density at radius 1 is 1.36 bits per heavy atom. The van der Waals surface area contributed by atoms with Crippen molar-refractivity contribution in [2.75, 3.05) is 0 Å². The highest BCUT2D eigenvalue weighted by molar-refractivity contribution is 5.82. The molecular weight excluding hydrogens is 172 g/mol. The summed E-state index contributed by atoms with van der Waals surface area (Å²) in [6.45, 7) is 11.6.